The zero-order valence-corrected chi connectivity index (χ0v) is 6.90. The van der Waals surface area contributed by atoms with Crippen LogP contribution in [0.1, 0.15) is 0 Å². The lowest BCUT2D eigenvalue weighted by molar-refractivity contribution is 1.09. The van der Waals surface area contributed by atoms with Crippen molar-refractivity contribution in [2.75, 3.05) is 12.4 Å². The third-order valence-corrected chi connectivity index (χ3v) is 1.35. The van der Waals surface area contributed by atoms with Gasteiger partial charge in [-0.2, -0.15) is 0 Å². The van der Waals surface area contributed by atoms with E-state index in [9.17, 15) is 4.79 Å². The Morgan fingerprint density at radius 1 is 1.80 bits per heavy atom. The summed E-state index contributed by atoms with van der Waals surface area (Å²) in [5.41, 5.74) is -0.175. The van der Waals surface area contributed by atoms with Crippen LogP contribution in [0.5, 0.6) is 0 Å². The summed E-state index contributed by atoms with van der Waals surface area (Å²) < 4.78 is 0.528. The molecule has 5 heteroatoms. The topological polar surface area (TPSA) is 57.8 Å². The molecule has 2 N–H and O–H groups in total. The minimum absolute atomic E-state index is 0.175. The van der Waals surface area contributed by atoms with Gasteiger partial charge in [-0.3, -0.25) is 9.78 Å². The van der Waals surface area contributed by atoms with Crippen LogP contribution in [-0.2, 0) is 0 Å². The predicted molar refractivity (Wildman–Crippen MR) is 42.1 cm³/mol. The third kappa shape index (κ3) is 1.57. The molecule has 0 saturated heterocycles. The van der Waals surface area contributed by atoms with Gasteiger partial charge in [0.15, 0.2) is 0 Å². The molecule has 0 saturated carbocycles. The molecule has 0 radical (unpaired) electrons. The summed E-state index contributed by atoms with van der Waals surface area (Å²) in [5, 5.41) is 2.71. The van der Waals surface area contributed by atoms with Crippen LogP contribution >= 0.6 is 15.9 Å². The van der Waals surface area contributed by atoms with E-state index in [4.69, 9.17) is 0 Å². The van der Waals surface area contributed by atoms with E-state index >= 15 is 0 Å². The molecule has 1 aromatic rings. The van der Waals surface area contributed by atoms with Gasteiger partial charge in [0, 0.05) is 13.1 Å². The molecule has 0 bridgehead atoms. The van der Waals surface area contributed by atoms with Crippen molar-refractivity contribution >= 4 is 21.9 Å². The molecule has 0 atom stereocenters. The Balaban J connectivity index is 3.19. The number of aromatic nitrogens is 2. The monoisotopic (exact) mass is 203 g/mol. The van der Waals surface area contributed by atoms with Gasteiger partial charge in [0.05, 0.1) is 0 Å². The fourth-order valence-electron chi connectivity index (χ4n) is 0.546. The highest BCUT2D eigenvalue weighted by Gasteiger charge is 1.93. The normalized spacial score (nSPS) is 9.40. The number of nitrogens with one attached hydrogen (secondary N) is 2. The fourth-order valence-corrected chi connectivity index (χ4v) is 0.932. The lowest BCUT2D eigenvalue weighted by atomic mass is 10.6. The fraction of sp³-hybridized carbons (Fsp3) is 0.200. The van der Waals surface area contributed by atoms with Gasteiger partial charge in [0.25, 0.3) is 5.56 Å². The lowest BCUT2D eigenvalue weighted by Gasteiger charge is -1.96. The predicted octanol–water partition coefficient (Wildman–Crippen LogP) is 0.574. The van der Waals surface area contributed by atoms with E-state index in [-0.39, 0.29) is 5.56 Å². The SMILES string of the molecule is CNc1nc(Br)cc(=O)[nH]1. The summed E-state index contributed by atoms with van der Waals surface area (Å²) in [7, 11) is 1.69. The van der Waals surface area contributed by atoms with Crippen molar-refractivity contribution in [3.05, 3.63) is 21.0 Å². The first kappa shape index (κ1) is 7.27. The van der Waals surface area contributed by atoms with Crippen molar-refractivity contribution in [1.29, 1.82) is 0 Å². The average Bonchev–Trinajstić information content (AvgIpc) is 1.85. The molecule has 0 aliphatic carbocycles. The van der Waals surface area contributed by atoms with Gasteiger partial charge in [0.1, 0.15) is 4.60 Å². The second-order valence-electron chi connectivity index (χ2n) is 1.67. The van der Waals surface area contributed by atoms with Gasteiger partial charge < -0.3 is 5.32 Å². The Morgan fingerprint density at radius 2 is 2.50 bits per heavy atom. The Morgan fingerprint density at radius 3 is 3.00 bits per heavy atom. The van der Waals surface area contributed by atoms with Crippen molar-refractivity contribution in [1.82, 2.24) is 9.97 Å². The molecule has 0 spiro atoms. The van der Waals surface area contributed by atoms with Gasteiger partial charge in [-0.15, -0.1) is 0 Å². The average molecular weight is 204 g/mol. The maximum Gasteiger partial charge on any atom is 0.253 e. The van der Waals surface area contributed by atoms with Crippen molar-refractivity contribution in [3.8, 4) is 0 Å². The van der Waals surface area contributed by atoms with E-state index in [0.29, 0.717) is 10.6 Å². The van der Waals surface area contributed by atoms with E-state index in [1.165, 1.54) is 6.07 Å². The molecule has 1 aromatic heterocycles. The second kappa shape index (κ2) is 2.83. The van der Waals surface area contributed by atoms with Gasteiger partial charge >= 0.3 is 0 Å². The van der Waals surface area contributed by atoms with Crippen LogP contribution in [0, 0.1) is 0 Å². The number of halogens is 1. The second-order valence-corrected chi connectivity index (χ2v) is 2.48. The van der Waals surface area contributed by atoms with E-state index in [1.54, 1.807) is 7.05 Å². The van der Waals surface area contributed by atoms with Crippen molar-refractivity contribution < 1.29 is 0 Å². The van der Waals surface area contributed by atoms with Crippen LogP contribution in [-0.4, -0.2) is 17.0 Å². The minimum Gasteiger partial charge on any atom is -0.359 e. The maximum absolute atomic E-state index is 10.7. The molecule has 4 nitrogen and oxygen atoms in total. The number of H-pyrrole nitrogens is 1. The summed E-state index contributed by atoms with van der Waals surface area (Å²) >= 11 is 3.08. The Labute approximate surface area is 65.8 Å². The van der Waals surface area contributed by atoms with Gasteiger partial charge in [-0.05, 0) is 15.9 Å². The summed E-state index contributed by atoms with van der Waals surface area (Å²) in [5.74, 6) is 0.458. The quantitative estimate of drug-likeness (QED) is 0.657. The highest BCUT2D eigenvalue weighted by molar-refractivity contribution is 9.10. The highest BCUT2D eigenvalue weighted by atomic mass is 79.9. The first-order chi connectivity index (χ1) is 4.72. The van der Waals surface area contributed by atoms with Gasteiger partial charge in [-0.1, -0.05) is 0 Å². The molecule has 0 unspecified atom stereocenters. The molecular formula is C5H6BrN3O. The number of nitrogens with zero attached hydrogens (tertiary/aromatic N) is 1. The van der Waals surface area contributed by atoms with Crippen LogP contribution in [0.4, 0.5) is 5.95 Å². The van der Waals surface area contributed by atoms with Crippen LogP contribution in [0.2, 0.25) is 0 Å². The van der Waals surface area contributed by atoms with Gasteiger partial charge in [-0.25, -0.2) is 4.98 Å². The molecule has 1 rings (SSSR count). The number of hydrogen-bond donors (Lipinski definition) is 2. The Hall–Kier alpha value is -0.840. The summed E-state index contributed by atoms with van der Waals surface area (Å²) in [6.07, 6.45) is 0. The Bertz CT molecular complexity index is 282. The maximum atomic E-state index is 10.7. The van der Waals surface area contributed by atoms with Crippen LogP contribution in [0.3, 0.4) is 0 Å². The molecule has 0 aliphatic heterocycles. The third-order valence-electron chi connectivity index (χ3n) is 0.947. The molecule has 0 aliphatic rings. The smallest absolute Gasteiger partial charge is 0.253 e. The molecule has 1 heterocycles. The summed E-state index contributed by atoms with van der Waals surface area (Å²) in [4.78, 5) is 17.1. The van der Waals surface area contributed by atoms with E-state index < -0.39 is 0 Å². The van der Waals surface area contributed by atoms with Crippen molar-refractivity contribution in [3.63, 3.8) is 0 Å². The van der Waals surface area contributed by atoms with E-state index in [0.717, 1.165) is 0 Å². The molecule has 10 heavy (non-hydrogen) atoms. The Kier molecular flexibility index (Phi) is 2.06. The van der Waals surface area contributed by atoms with E-state index in [1.807, 2.05) is 0 Å². The molecule has 54 valence electrons. The van der Waals surface area contributed by atoms with E-state index in [2.05, 4.69) is 31.2 Å². The summed E-state index contributed by atoms with van der Waals surface area (Å²) in [6, 6.07) is 1.36. The molecule has 0 aromatic carbocycles. The molecular weight excluding hydrogens is 198 g/mol. The first-order valence-electron chi connectivity index (χ1n) is 2.67. The first-order valence-corrected chi connectivity index (χ1v) is 3.46. The number of aromatic amines is 1. The van der Waals surface area contributed by atoms with Crippen molar-refractivity contribution in [2.24, 2.45) is 0 Å². The van der Waals surface area contributed by atoms with Gasteiger partial charge in [0.2, 0.25) is 5.95 Å². The number of rotatable bonds is 1. The highest BCUT2D eigenvalue weighted by Crippen LogP contribution is 2.02. The molecule has 0 fully saturated rings. The lowest BCUT2D eigenvalue weighted by Crippen LogP contribution is -2.09. The number of anilines is 1. The standard InChI is InChI=1S/C5H6BrN3O/c1-7-5-8-3(6)2-4(10)9-5/h2H,1H3,(H2,7,8,9,10). The summed E-state index contributed by atoms with van der Waals surface area (Å²) in [6.45, 7) is 0. The zero-order chi connectivity index (χ0) is 7.56. The minimum atomic E-state index is -0.175. The van der Waals surface area contributed by atoms with Crippen molar-refractivity contribution in [2.45, 2.75) is 0 Å². The largest absolute Gasteiger partial charge is 0.359 e. The zero-order valence-electron chi connectivity index (χ0n) is 5.31. The van der Waals surface area contributed by atoms with Crippen LogP contribution in [0.25, 0.3) is 0 Å². The van der Waals surface area contributed by atoms with Crippen LogP contribution in [0.15, 0.2) is 15.5 Å². The number of hydrogen-bond acceptors (Lipinski definition) is 3. The molecule has 0 amide bonds. The van der Waals surface area contributed by atoms with Crippen LogP contribution < -0.4 is 10.9 Å².